The molecule has 1 saturated carbocycles. The molecule has 0 aromatic heterocycles. The highest BCUT2D eigenvalue weighted by molar-refractivity contribution is 4.81. The average molecular weight is 244 g/mol. The van der Waals surface area contributed by atoms with Gasteiger partial charge in [-0.3, -0.25) is 0 Å². The van der Waals surface area contributed by atoms with Gasteiger partial charge in [-0.1, -0.05) is 12.8 Å². The van der Waals surface area contributed by atoms with E-state index in [1.165, 1.54) is 25.7 Å². The van der Waals surface area contributed by atoms with Crippen LogP contribution in [-0.4, -0.2) is 46.1 Å². The minimum atomic E-state index is 0.632. The molecule has 0 amide bonds. The van der Waals surface area contributed by atoms with E-state index in [9.17, 15) is 0 Å². The van der Waals surface area contributed by atoms with Crippen molar-refractivity contribution in [1.29, 1.82) is 0 Å². The van der Waals surface area contributed by atoms with Gasteiger partial charge in [0.05, 0.1) is 13.2 Å². The Bertz CT molecular complexity index is 179. The van der Waals surface area contributed by atoms with Gasteiger partial charge >= 0.3 is 0 Å². The molecule has 1 aliphatic carbocycles. The Morgan fingerprint density at radius 1 is 1.18 bits per heavy atom. The second-order valence-corrected chi connectivity index (χ2v) is 4.80. The number of rotatable bonds is 9. The molecule has 3 N–H and O–H groups in total. The maximum atomic E-state index is 5.80. The van der Waals surface area contributed by atoms with E-state index in [1.54, 1.807) is 7.11 Å². The van der Waals surface area contributed by atoms with Crippen LogP contribution < -0.4 is 11.1 Å². The Morgan fingerprint density at radius 2 is 2.00 bits per heavy atom. The van der Waals surface area contributed by atoms with E-state index >= 15 is 0 Å². The molecular weight excluding hydrogens is 216 g/mol. The summed E-state index contributed by atoms with van der Waals surface area (Å²) in [6, 6.07) is 0.632. The van der Waals surface area contributed by atoms with Gasteiger partial charge in [-0.05, 0) is 38.3 Å². The van der Waals surface area contributed by atoms with Crippen molar-refractivity contribution in [1.82, 2.24) is 5.32 Å². The first-order valence-electron chi connectivity index (χ1n) is 6.88. The van der Waals surface area contributed by atoms with E-state index in [4.69, 9.17) is 15.2 Å². The van der Waals surface area contributed by atoms with Crippen LogP contribution in [0.15, 0.2) is 0 Å². The van der Waals surface area contributed by atoms with Gasteiger partial charge in [0.1, 0.15) is 0 Å². The van der Waals surface area contributed by atoms with Crippen molar-refractivity contribution >= 4 is 0 Å². The molecule has 2 atom stereocenters. The highest BCUT2D eigenvalue weighted by Gasteiger charge is 2.22. The van der Waals surface area contributed by atoms with Crippen LogP contribution in [0.3, 0.4) is 0 Å². The zero-order valence-corrected chi connectivity index (χ0v) is 11.1. The molecule has 0 bridgehead atoms. The summed E-state index contributed by atoms with van der Waals surface area (Å²) < 4.78 is 10.3. The zero-order chi connectivity index (χ0) is 12.3. The lowest BCUT2D eigenvalue weighted by Crippen LogP contribution is -2.42. The van der Waals surface area contributed by atoms with Crippen LogP contribution >= 0.6 is 0 Å². The van der Waals surface area contributed by atoms with E-state index in [-0.39, 0.29) is 0 Å². The zero-order valence-electron chi connectivity index (χ0n) is 11.1. The predicted octanol–water partition coefficient (Wildman–Crippen LogP) is 1.15. The van der Waals surface area contributed by atoms with Crippen molar-refractivity contribution in [2.45, 2.75) is 38.1 Å². The summed E-state index contributed by atoms with van der Waals surface area (Å²) in [5.74, 6) is 0.679. The summed E-state index contributed by atoms with van der Waals surface area (Å²) in [7, 11) is 1.70. The Labute approximate surface area is 105 Å². The minimum Gasteiger partial charge on any atom is -0.382 e. The highest BCUT2D eigenvalue weighted by Crippen LogP contribution is 2.23. The highest BCUT2D eigenvalue weighted by atomic mass is 16.5. The lowest BCUT2D eigenvalue weighted by atomic mass is 9.84. The molecule has 17 heavy (non-hydrogen) atoms. The van der Waals surface area contributed by atoms with Crippen molar-refractivity contribution in [3.8, 4) is 0 Å². The topological polar surface area (TPSA) is 56.5 Å². The van der Waals surface area contributed by atoms with Crippen LogP contribution in [0.2, 0.25) is 0 Å². The monoisotopic (exact) mass is 244 g/mol. The molecule has 0 aromatic rings. The SMILES string of the molecule is COCCOCCCNC1CCCCC1CN. The third-order valence-electron chi connectivity index (χ3n) is 3.52. The van der Waals surface area contributed by atoms with E-state index in [0.29, 0.717) is 25.2 Å². The summed E-state index contributed by atoms with van der Waals surface area (Å²) in [6.45, 7) is 4.06. The number of nitrogens with two attached hydrogens (primary N) is 1. The largest absolute Gasteiger partial charge is 0.382 e. The molecule has 0 aromatic carbocycles. The fraction of sp³-hybridized carbons (Fsp3) is 1.00. The van der Waals surface area contributed by atoms with E-state index in [1.807, 2.05) is 0 Å². The van der Waals surface area contributed by atoms with E-state index < -0.39 is 0 Å². The molecule has 1 fully saturated rings. The van der Waals surface area contributed by atoms with Crippen LogP contribution in [0.1, 0.15) is 32.1 Å². The number of methoxy groups -OCH3 is 1. The Hall–Kier alpha value is -0.160. The van der Waals surface area contributed by atoms with Gasteiger partial charge in [-0.15, -0.1) is 0 Å². The molecule has 0 heterocycles. The molecule has 0 saturated heterocycles. The van der Waals surface area contributed by atoms with E-state index in [2.05, 4.69) is 5.32 Å². The summed E-state index contributed by atoms with van der Waals surface area (Å²) >= 11 is 0. The van der Waals surface area contributed by atoms with Crippen molar-refractivity contribution in [2.24, 2.45) is 11.7 Å². The second-order valence-electron chi connectivity index (χ2n) is 4.80. The molecule has 1 aliphatic rings. The molecule has 4 nitrogen and oxygen atoms in total. The second kappa shape index (κ2) is 9.83. The normalized spacial score (nSPS) is 25.1. The first-order chi connectivity index (χ1) is 8.38. The van der Waals surface area contributed by atoms with Gasteiger partial charge in [-0.25, -0.2) is 0 Å². The maximum Gasteiger partial charge on any atom is 0.0700 e. The van der Waals surface area contributed by atoms with E-state index in [0.717, 1.165) is 26.1 Å². The van der Waals surface area contributed by atoms with Crippen molar-refractivity contribution in [2.75, 3.05) is 40.0 Å². The standard InChI is InChI=1S/C13H28N2O2/c1-16-9-10-17-8-4-7-15-13-6-3-2-5-12(13)11-14/h12-13,15H,2-11,14H2,1H3. The van der Waals surface area contributed by atoms with Gasteiger partial charge in [-0.2, -0.15) is 0 Å². The summed E-state index contributed by atoms with van der Waals surface area (Å²) in [6.07, 6.45) is 6.33. The third kappa shape index (κ3) is 6.36. The number of nitrogens with one attached hydrogen (secondary N) is 1. The Balaban J connectivity index is 1.97. The maximum absolute atomic E-state index is 5.80. The van der Waals surface area contributed by atoms with Crippen LogP contribution in [0.5, 0.6) is 0 Å². The predicted molar refractivity (Wildman–Crippen MR) is 70.1 cm³/mol. The quantitative estimate of drug-likeness (QED) is 0.597. The smallest absolute Gasteiger partial charge is 0.0700 e. The first-order valence-corrected chi connectivity index (χ1v) is 6.88. The Morgan fingerprint density at radius 3 is 2.76 bits per heavy atom. The van der Waals surface area contributed by atoms with Gasteiger partial charge in [0.15, 0.2) is 0 Å². The average Bonchev–Trinajstić information content (AvgIpc) is 2.38. The fourth-order valence-corrected chi connectivity index (χ4v) is 2.46. The molecule has 0 radical (unpaired) electrons. The molecule has 0 aliphatic heterocycles. The first kappa shape index (κ1) is 14.9. The number of ether oxygens (including phenoxy) is 2. The summed E-state index contributed by atoms with van der Waals surface area (Å²) in [5.41, 5.74) is 5.80. The molecule has 1 rings (SSSR count). The molecule has 4 heteroatoms. The molecule has 102 valence electrons. The van der Waals surface area contributed by atoms with Crippen molar-refractivity contribution in [3.05, 3.63) is 0 Å². The van der Waals surface area contributed by atoms with Gasteiger partial charge in [0.2, 0.25) is 0 Å². The third-order valence-corrected chi connectivity index (χ3v) is 3.52. The van der Waals surface area contributed by atoms with Crippen LogP contribution in [0, 0.1) is 5.92 Å². The summed E-state index contributed by atoms with van der Waals surface area (Å²) in [5, 5.41) is 3.62. The molecule has 2 unspecified atom stereocenters. The van der Waals surface area contributed by atoms with Crippen LogP contribution in [0.4, 0.5) is 0 Å². The van der Waals surface area contributed by atoms with Gasteiger partial charge in [0, 0.05) is 19.8 Å². The van der Waals surface area contributed by atoms with Crippen molar-refractivity contribution < 1.29 is 9.47 Å². The van der Waals surface area contributed by atoms with Crippen LogP contribution in [0.25, 0.3) is 0 Å². The summed E-state index contributed by atoms with van der Waals surface area (Å²) in [4.78, 5) is 0. The fourth-order valence-electron chi connectivity index (χ4n) is 2.46. The van der Waals surface area contributed by atoms with Crippen LogP contribution in [-0.2, 0) is 9.47 Å². The number of hydrogen-bond acceptors (Lipinski definition) is 4. The Kier molecular flexibility index (Phi) is 8.61. The minimum absolute atomic E-state index is 0.632. The lowest BCUT2D eigenvalue weighted by Gasteiger charge is -2.31. The lowest BCUT2D eigenvalue weighted by molar-refractivity contribution is 0.0688. The molecular formula is C13H28N2O2. The van der Waals surface area contributed by atoms with Gasteiger partial charge < -0.3 is 20.5 Å². The van der Waals surface area contributed by atoms with Gasteiger partial charge in [0.25, 0.3) is 0 Å². The molecule has 0 spiro atoms. The number of hydrogen-bond donors (Lipinski definition) is 2. The van der Waals surface area contributed by atoms with Crippen molar-refractivity contribution in [3.63, 3.8) is 0 Å².